The monoisotopic (exact) mass is 303 g/mol. The maximum Gasteiger partial charge on any atom is 0.239 e. The number of carbonyl (C=O) groups excluding carboxylic acids is 1. The van der Waals surface area contributed by atoms with E-state index in [-0.39, 0.29) is 11.8 Å². The quantitative estimate of drug-likeness (QED) is 0.875. The molecule has 1 aliphatic heterocycles. The highest BCUT2D eigenvalue weighted by atomic mass is 16.2. The Kier molecular flexibility index (Phi) is 5.98. The van der Waals surface area contributed by atoms with Gasteiger partial charge in [-0.1, -0.05) is 44.2 Å². The van der Waals surface area contributed by atoms with Gasteiger partial charge in [-0.05, 0) is 30.9 Å². The lowest BCUT2D eigenvalue weighted by Gasteiger charge is -2.30. The van der Waals surface area contributed by atoms with E-state index in [4.69, 9.17) is 5.73 Å². The van der Waals surface area contributed by atoms with Crippen molar-refractivity contribution in [2.45, 2.75) is 45.3 Å². The van der Waals surface area contributed by atoms with Crippen molar-refractivity contribution in [2.24, 2.45) is 11.7 Å². The van der Waals surface area contributed by atoms with Crippen molar-refractivity contribution in [2.75, 3.05) is 20.1 Å². The molecule has 0 aromatic heterocycles. The van der Waals surface area contributed by atoms with Crippen LogP contribution in [-0.4, -0.2) is 47.9 Å². The van der Waals surface area contributed by atoms with E-state index in [1.165, 1.54) is 12.0 Å². The highest BCUT2D eigenvalue weighted by molar-refractivity contribution is 5.81. The van der Waals surface area contributed by atoms with Gasteiger partial charge >= 0.3 is 0 Å². The molecule has 0 spiro atoms. The molecular weight excluding hydrogens is 274 g/mol. The summed E-state index contributed by atoms with van der Waals surface area (Å²) in [6.45, 7) is 6.83. The van der Waals surface area contributed by atoms with Crippen molar-refractivity contribution in [3.05, 3.63) is 35.9 Å². The molecule has 1 aromatic carbocycles. The molecule has 0 saturated carbocycles. The molecule has 4 nitrogen and oxygen atoms in total. The number of hydrogen-bond donors (Lipinski definition) is 1. The number of rotatable bonds is 6. The summed E-state index contributed by atoms with van der Waals surface area (Å²) in [4.78, 5) is 16.6. The number of hydrogen-bond acceptors (Lipinski definition) is 3. The van der Waals surface area contributed by atoms with Crippen LogP contribution in [0.3, 0.4) is 0 Å². The van der Waals surface area contributed by atoms with Gasteiger partial charge < -0.3 is 10.6 Å². The summed E-state index contributed by atoms with van der Waals surface area (Å²) in [5.41, 5.74) is 7.32. The minimum atomic E-state index is -0.394. The number of carbonyl (C=O) groups is 1. The van der Waals surface area contributed by atoms with E-state index in [2.05, 4.69) is 29.2 Å². The molecule has 2 atom stereocenters. The van der Waals surface area contributed by atoms with E-state index in [9.17, 15) is 4.79 Å². The van der Waals surface area contributed by atoms with E-state index in [0.717, 1.165) is 26.1 Å². The highest BCUT2D eigenvalue weighted by Crippen LogP contribution is 2.21. The summed E-state index contributed by atoms with van der Waals surface area (Å²) in [5.74, 6) is 0.237. The Morgan fingerprint density at radius 2 is 2.05 bits per heavy atom. The zero-order valence-corrected chi connectivity index (χ0v) is 14.0. The Hall–Kier alpha value is -1.39. The summed E-state index contributed by atoms with van der Waals surface area (Å²) in [6.07, 6.45) is 2.36. The lowest BCUT2D eigenvalue weighted by Crippen LogP contribution is -2.48. The predicted octanol–water partition coefficient (Wildman–Crippen LogP) is 2.09. The number of nitrogens with zero attached hydrogens (tertiary/aromatic N) is 2. The molecule has 1 unspecified atom stereocenters. The molecule has 1 saturated heterocycles. The number of nitrogens with two attached hydrogens (primary N) is 1. The highest BCUT2D eigenvalue weighted by Gasteiger charge is 2.28. The summed E-state index contributed by atoms with van der Waals surface area (Å²) in [6, 6.07) is 10.6. The summed E-state index contributed by atoms with van der Waals surface area (Å²) >= 11 is 0. The Balaban J connectivity index is 1.92. The van der Waals surface area contributed by atoms with Gasteiger partial charge in [0.2, 0.25) is 5.91 Å². The van der Waals surface area contributed by atoms with Gasteiger partial charge in [0.05, 0.1) is 6.04 Å². The molecular formula is C18H29N3O. The zero-order valence-electron chi connectivity index (χ0n) is 14.0. The Morgan fingerprint density at radius 1 is 1.36 bits per heavy atom. The molecule has 2 N–H and O–H groups in total. The average molecular weight is 303 g/mol. The standard InChI is InChI=1S/C18H29N3O/c1-14(2)17(19)18(22)20(3)13-16-10-7-11-21(16)12-15-8-5-4-6-9-15/h4-6,8-9,14,16-17H,7,10-13,19H2,1-3H3/t16-,17?/m0/s1. The fourth-order valence-electron chi connectivity index (χ4n) is 3.07. The van der Waals surface area contributed by atoms with Crippen molar-refractivity contribution in [1.29, 1.82) is 0 Å². The molecule has 1 aromatic rings. The van der Waals surface area contributed by atoms with Crippen molar-refractivity contribution in [3.8, 4) is 0 Å². The molecule has 0 radical (unpaired) electrons. The van der Waals surface area contributed by atoms with Crippen LogP contribution >= 0.6 is 0 Å². The first-order valence-corrected chi connectivity index (χ1v) is 8.27. The van der Waals surface area contributed by atoms with Gasteiger partial charge in [0.1, 0.15) is 0 Å². The van der Waals surface area contributed by atoms with E-state index in [0.29, 0.717) is 6.04 Å². The van der Waals surface area contributed by atoms with Gasteiger partial charge in [-0.3, -0.25) is 9.69 Å². The number of likely N-dealkylation sites (tertiary alicyclic amines) is 1. The molecule has 1 heterocycles. The zero-order chi connectivity index (χ0) is 16.1. The largest absolute Gasteiger partial charge is 0.343 e. The molecule has 1 aliphatic rings. The van der Waals surface area contributed by atoms with Gasteiger partial charge in [-0.2, -0.15) is 0 Å². The van der Waals surface area contributed by atoms with Crippen molar-refractivity contribution < 1.29 is 4.79 Å². The molecule has 4 heteroatoms. The van der Waals surface area contributed by atoms with Crippen molar-refractivity contribution >= 4 is 5.91 Å². The summed E-state index contributed by atoms with van der Waals surface area (Å²) < 4.78 is 0. The third-order valence-electron chi connectivity index (χ3n) is 4.59. The van der Waals surface area contributed by atoms with Crippen LogP contribution in [0.5, 0.6) is 0 Å². The third kappa shape index (κ3) is 4.31. The minimum absolute atomic E-state index is 0.0570. The maximum absolute atomic E-state index is 12.3. The van der Waals surface area contributed by atoms with Crippen LogP contribution in [0.15, 0.2) is 30.3 Å². The van der Waals surface area contributed by atoms with E-state index in [1.54, 1.807) is 0 Å². The van der Waals surface area contributed by atoms with Gasteiger partial charge in [0.25, 0.3) is 0 Å². The molecule has 0 aliphatic carbocycles. The normalized spacial score (nSPS) is 20.3. The van der Waals surface area contributed by atoms with Gasteiger partial charge in [-0.25, -0.2) is 0 Å². The Labute approximate surface area is 134 Å². The Morgan fingerprint density at radius 3 is 2.68 bits per heavy atom. The van der Waals surface area contributed by atoms with Crippen LogP contribution in [0.2, 0.25) is 0 Å². The van der Waals surface area contributed by atoms with Crippen molar-refractivity contribution in [1.82, 2.24) is 9.80 Å². The van der Waals surface area contributed by atoms with E-state index in [1.807, 2.05) is 31.9 Å². The molecule has 0 bridgehead atoms. The molecule has 2 rings (SSSR count). The lowest BCUT2D eigenvalue weighted by atomic mass is 10.0. The second-order valence-corrected chi connectivity index (χ2v) is 6.74. The van der Waals surface area contributed by atoms with Crippen LogP contribution in [0.25, 0.3) is 0 Å². The molecule has 1 fully saturated rings. The number of benzene rings is 1. The van der Waals surface area contributed by atoms with Crippen molar-refractivity contribution in [3.63, 3.8) is 0 Å². The average Bonchev–Trinajstić information content (AvgIpc) is 2.93. The van der Waals surface area contributed by atoms with Crippen LogP contribution in [-0.2, 0) is 11.3 Å². The second kappa shape index (κ2) is 7.75. The number of amides is 1. The Bertz CT molecular complexity index is 474. The van der Waals surface area contributed by atoms with Gasteiger partial charge in [0, 0.05) is 26.2 Å². The second-order valence-electron chi connectivity index (χ2n) is 6.74. The van der Waals surface area contributed by atoms with E-state index < -0.39 is 6.04 Å². The summed E-state index contributed by atoms with van der Waals surface area (Å²) in [5, 5.41) is 0. The third-order valence-corrected chi connectivity index (χ3v) is 4.59. The predicted molar refractivity (Wildman–Crippen MR) is 90.3 cm³/mol. The maximum atomic E-state index is 12.3. The van der Waals surface area contributed by atoms with Crippen LogP contribution in [0, 0.1) is 5.92 Å². The molecule has 22 heavy (non-hydrogen) atoms. The fraction of sp³-hybridized carbons (Fsp3) is 0.611. The number of likely N-dealkylation sites (N-methyl/N-ethyl adjacent to an activating group) is 1. The SMILES string of the molecule is CC(C)C(N)C(=O)N(C)C[C@@H]1CCCN1Cc1ccccc1. The topological polar surface area (TPSA) is 49.6 Å². The van der Waals surface area contributed by atoms with Crippen LogP contribution in [0.4, 0.5) is 0 Å². The minimum Gasteiger partial charge on any atom is -0.343 e. The molecule has 1 amide bonds. The fourth-order valence-corrected chi connectivity index (χ4v) is 3.07. The van der Waals surface area contributed by atoms with Gasteiger partial charge in [-0.15, -0.1) is 0 Å². The lowest BCUT2D eigenvalue weighted by molar-refractivity contribution is -0.132. The smallest absolute Gasteiger partial charge is 0.239 e. The van der Waals surface area contributed by atoms with E-state index >= 15 is 0 Å². The first-order chi connectivity index (χ1) is 10.5. The summed E-state index contributed by atoms with van der Waals surface area (Å²) in [7, 11) is 1.88. The van der Waals surface area contributed by atoms with Crippen LogP contribution in [0.1, 0.15) is 32.3 Å². The van der Waals surface area contributed by atoms with Crippen LogP contribution < -0.4 is 5.73 Å². The first kappa shape index (κ1) is 17.0. The first-order valence-electron chi connectivity index (χ1n) is 8.27. The molecule has 122 valence electrons. The van der Waals surface area contributed by atoms with Gasteiger partial charge in [0.15, 0.2) is 0 Å².